The predicted molar refractivity (Wildman–Crippen MR) is 126 cm³/mol. The minimum Gasteiger partial charge on any atom is -0.494 e. The first kappa shape index (κ1) is 21.1. The molecular formula is C25H23F2N5O. The number of nitrogens with one attached hydrogen (secondary N) is 1. The topological polar surface area (TPSA) is 76.3 Å². The van der Waals surface area contributed by atoms with Gasteiger partial charge in [0, 0.05) is 37.1 Å². The molecule has 0 amide bonds. The summed E-state index contributed by atoms with van der Waals surface area (Å²) in [4.78, 5) is 11.7. The molecule has 0 radical (unpaired) electrons. The molecule has 6 nitrogen and oxygen atoms in total. The summed E-state index contributed by atoms with van der Waals surface area (Å²) in [6, 6.07) is 15.2. The summed E-state index contributed by atoms with van der Waals surface area (Å²) in [5, 5.41) is 4.06. The predicted octanol–water partition coefficient (Wildman–Crippen LogP) is 4.24. The van der Waals surface area contributed by atoms with E-state index in [1.807, 2.05) is 18.2 Å². The molecule has 5 rings (SSSR count). The number of piperazine rings is 1. The maximum absolute atomic E-state index is 14.3. The molecule has 1 aromatic heterocycles. The fourth-order valence-electron chi connectivity index (χ4n) is 4.04. The summed E-state index contributed by atoms with van der Waals surface area (Å²) in [6.45, 7) is 3.25. The average Bonchev–Trinajstić information content (AvgIpc) is 2.85. The molecule has 0 aliphatic carbocycles. The van der Waals surface area contributed by atoms with E-state index in [0.717, 1.165) is 42.6 Å². The summed E-state index contributed by atoms with van der Waals surface area (Å²) >= 11 is 0. The summed E-state index contributed by atoms with van der Waals surface area (Å²) in [6.07, 6.45) is 0. The number of hydrogen-bond donors (Lipinski definition) is 2. The second-order valence-corrected chi connectivity index (χ2v) is 7.93. The molecule has 0 bridgehead atoms. The summed E-state index contributed by atoms with van der Waals surface area (Å²) in [5.74, 6) is -0.168. The maximum atomic E-state index is 14.3. The summed E-state index contributed by atoms with van der Waals surface area (Å²) < 4.78 is 33.7. The van der Waals surface area contributed by atoms with E-state index in [-0.39, 0.29) is 11.4 Å². The molecule has 0 saturated carbocycles. The van der Waals surface area contributed by atoms with Crippen molar-refractivity contribution < 1.29 is 13.5 Å². The van der Waals surface area contributed by atoms with E-state index in [1.54, 1.807) is 18.2 Å². The molecule has 168 valence electrons. The van der Waals surface area contributed by atoms with Gasteiger partial charge in [0.2, 0.25) is 5.95 Å². The Labute approximate surface area is 190 Å². The number of nitrogens with two attached hydrogens (primary N) is 1. The van der Waals surface area contributed by atoms with Crippen molar-refractivity contribution in [1.29, 1.82) is 0 Å². The number of fused-ring (bicyclic) bond motifs is 1. The van der Waals surface area contributed by atoms with Gasteiger partial charge in [-0.1, -0.05) is 18.2 Å². The first-order chi connectivity index (χ1) is 16.0. The zero-order valence-electron chi connectivity index (χ0n) is 18.1. The van der Waals surface area contributed by atoms with Crippen molar-refractivity contribution in [2.45, 2.75) is 0 Å². The largest absolute Gasteiger partial charge is 0.494 e. The molecule has 8 heteroatoms. The first-order valence-corrected chi connectivity index (χ1v) is 10.7. The Balaban J connectivity index is 1.69. The lowest BCUT2D eigenvalue weighted by atomic mass is 10.00. The Bertz CT molecular complexity index is 1340. The van der Waals surface area contributed by atoms with Gasteiger partial charge in [-0.25, -0.2) is 18.7 Å². The number of ether oxygens (including phenoxy) is 1. The molecule has 1 saturated heterocycles. The Morgan fingerprint density at radius 2 is 1.58 bits per heavy atom. The van der Waals surface area contributed by atoms with Gasteiger partial charge in [-0.05, 0) is 47.5 Å². The van der Waals surface area contributed by atoms with Gasteiger partial charge in [0.15, 0.2) is 11.6 Å². The number of hydrogen-bond acceptors (Lipinski definition) is 6. The van der Waals surface area contributed by atoms with Crippen molar-refractivity contribution in [2.75, 3.05) is 43.9 Å². The maximum Gasteiger partial charge on any atom is 0.226 e. The normalized spacial score (nSPS) is 14.0. The van der Waals surface area contributed by atoms with Crippen LogP contribution >= 0.6 is 0 Å². The van der Waals surface area contributed by atoms with E-state index in [2.05, 4.69) is 10.2 Å². The van der Waals surface area contributed by atoms with Crippen molar-refractivity contribution in [3.63, 3.8) is 0 Å². The lowest BCUT2D eigenvalue weighted by Crippen LogP contribution is -2.44. The highest BCUT2D eigenvalue weighted by atomic mass is 19.1. The van der Waals surface area contributed by atoms with E-state index in [9.17, 15) is 8.78 Å². The van der Waals surface area contributed by atoms with Crippen molar-refractivity contribution >= 4 is 22.5 Å². The van der Waals surface area contributed by atoms with Gasteiger partial charge in [0.05, 0.1) is 24.0 Å². The van der Waals surface area contributed by atoms with Crippen LogP contribution in [0, 0.1) is 11.6 Å². The zero-order chi connectivity index (χ0) is 22.9. The second-order valence-electron chi connectivity index (χ2n) is 7.93. The highest BCUT2D eigenvalue weighted by Crippen LogP contribution is 2.34. The van der Waals surface area contributed by atoms with E-state index in [4.69, 9.17) is 20.4 Å². The number of aromatic nitrogens is 2. The van der Waals surface area contributed by atoms with Crippen LogP contribution in [0.5, 0.6) is 5.75 Å². The molecule has 3 N–H and O–H groups in total. The number of nitrogens with zero attached hydrogens (tertiary/aromatic N) is 3. The van der Waals surface area contributed by atoms with Crippen LogP contribution < -0.4 is 20.7 Å². The third kappa shape index (κ3) is 4.05. The SMILES string of the molecule is COc1ccc(-c2ccc3nc(N4CCNCC4)nc(-c4ccc(N)c(F)c4)c3c2)cc1F. The first-order valence-electron chi connectivity index (χ1n) is 10.7. The van der Waals surface area contributed by atoms with Gasteiger partial charge in [-0.15, -0.1) is 0 Å². The van der Waals surface area contributed by atoms with Gasteiger partial charge in [0.25, 0.3) is 0 Å². The average molecular weight is 447 g/mol. The quantitative estimate of drug-likeness (QED) is 0.456. The van der Waals surface area contributed by atoms with Crippen LogP contribution in [0.15, 0.2) is 54.6 Å². The number of anilines is 2. The van der Waals surface area contributed by atoms with Gasteiger partial charge < -0.3 is 20.7 Å². The third-order valence-corrected chi connectivity index (χ3v) is 5.84. The van der Waals surface area contributed by atoms with Crippen LogP contribution in [-0.2, 0) is 0 Å². The number of methoxy groups -OCH3 is 1. The molecule has 1 aliphatic rings. The third-order valence-electron chi connectivity index (χ3n) is 5.84. The number of benzene rings is 3. The molecule has 3 aromatic carbocycles. The number of halogens is 2. The minimum absolute atomic E-state index is 0.0776. The summed E-state index contributed by atoms with van der Waals surface area (Å²) in [5.41, 5.74) is 9.18. The molecular weight excluding hydrogens is 424 g/mol. The fourth-order valence-corrected chi connectivity index (χ4v) is 4.04. The molecule has 0 spiro atoms. The van der Waals surface area contributed by atoms with Crippen LogP contribution in [0.1, 0.15) is 0 Å². The lowest BCUT2D eigenvalue weighted by Gasteiger charge is -2.28. The lowest BCUT2D eigenvalue weighted by molar-refractivity contribution is 0.386. The van der Waals surface area contributed by atoms with Crippen LogP contribution in [0.4, 0.5) is 20.4 Å². The van der Waals surface area contributed by atoms with Crippen LogP contribution in [0.3, 0.4) is 0 Å². The molecule has 4 aromatic rings. The molecule has 33 heavy (non-hydrogen) atoms. The van der Waals surface area contributed by atoms with Crippen molar-refractivity contribution in [1.82, 2.24) is 15.3 Å². The summed E-state index contributed by atoms with van der Waals surface area (Å²) in [7, 11) is 1.43. The van der Waals surface area contributed by atoms with Crippen LogP contribution in [0.25, 0.3) is 33.3 Å². The van der Waals surface area contributed by atoms with Gasteiger partial charge in [-0.3, -0.25) is 0 Å². The van der Waals surface area contributed by atoms with Crippen LogP contribution in [0.2, 0.25) is 0 Å². The zero-order valence-corrected chi connectivity index (χ0v) is 18.1. The van der Waals surface area contributed by atoms with Crippen molar-refractivity contribution in [3.05, 3.63) is 66.2 Å². The van der Waals surface area contributed by atoms with E-state index < -0.39 is 11.6 Å². The Morgan fingerprint density at radius 3 is 2.30 bits per heavy atom. The molecule has 0 unspecified atom stereocenters. The Hall–Kier alpha value is -3.78. The van der Waals surface area contributed by atoms with Crippen molar-refractivity contribution in [3.8, 4) is 28.1 Å². The Morgan fingerprint density at radius 1 is 0.879 bits per heavy atom. The monoisotopic (exact) mass is 447 g/mol. The number of rotatable bonds is 4. The standard InChI is InChI=1S/C25H23F2N5O/c1-33-23-7-4-16(13-20(23)27)15-3-6-22-18(12-15)24(17-2-5-21(28)19(26)14-17)31-25(30-22)32-10-8-29-9-11-32/h2-7,12-14,29H,8-11,28H2,1H3. The molecule has 0 atom stereocenters. The second kappa shape index (κ2) is 8.63. The molecule has 1 aliphatic heterocycles. The molecule has 1 fully saturated rings. The molecule has 2 heterocycles. The van der Waals surface area contributed by atoms with Gasteiger partial charge in [-0.2, -0.15) is 0 Å². The highest BCUT2D eigenvalue weighted by Gasteiger charge is 2.18. The van der Waals surface area contributed by atoms with Crippen LogP contribution in [-0.4, -0.2) is 43.3 Å². The van der Waals surface area contributed by atoms with Crippen molar-refractivity contribution in [2.24, 2.45) is 0 Å². The van der Waals surface area contributed by atoms with E-state index >= 15 is 0 Å². The number of nitrogen functional groups attached to an aromatic ring is 1. The fraction of sp³-hybridized carbons (Fsp3) is 0.200. The Kier molecular flexibility index (Phi) is 5.51. The van der Waals surface area contributed by atoms with E-state index in [0.29, 0.717) is 22.8 Å². The smallest absolute Gasteiger partial charge is 0.226 e. The highest BCUT2D eigenvalue weighted by molar-refractivity contribution is 5.96. The van der Waals surface area contributed by atoms with E-state index in [1.165, 1.54) is 25.3 Å². The van der Waals surface area contributed by atoms with Gasteiger partial charge in [0.1, 0.15) is 5.82 Å². The minimum atomic E-state index is -0.503. The van der Waals surface area contributed by atoms with Gasteiger partial charge >= 0.3 is 0 Å².